The van der Waals surface area contributed by atoms with Crippen LogP contribution in [0.4, 0.5) is 0 Å². The summed E-state index contributed by atoms with van der Waals surface area (Å²) < 4.78 is 0. The van der Waals surface area contributed by atoms with E-state index in [0.717, 1.165) is 24.6 Å². The van der Waals surface area contributed by atoms with E-state index in [1.165, 1.54) is 17.5 Å². The second-order valence-electron chi connectivity index (χ2n) is 5.25. The van der Waals surface area contributed by atoms with Crippen LogP contribution in [0.15, 0.2) is 24.3 Å². The fraction of sp³-hybridized carbons (Fsp3) is 0.533. The lowest BCUT2D eigenvalue weighted by Crippen LogP contribution is -2.42. The Balaban J connectivity index is 2.21. The molecule has 0 N–H and O–H groups in total. The van der Waals surface area contributed by atoms with E-state index >= 15 is 0 Å². The normalized spacial score (nSPS) is 19.2. The molecule has 0 fully saturated rings. The van der Waals surface area contributed by atoms with Gasteiger partial charge in [0.15, 0.2) is 0 Å². The number of hydrogen-bond donors (Lipinski definition) is 0. The molecule has 1 unspecified atom stereocenters. The lowest BCUT2D eigenvalue weighted by atomic mass is 9.88. The maximum absolute atomic E-state index is 5.64. The van der Waals surface area contributed by atoms with Gasteiger partial charge in [0.2, 0.25) is 0 Å². The highest BCUT2D eigenvalue weighted by Crippen LogP contribution is 2.30. The van der Waals surface area contributed by atoms with E-state index in [2.05, 4.69) is 55.1 Å². The molecule has 1 aromatic rings. The molecule has 0 aliphatic carbocycles. The van der Waals surface area contributed by atoms with Crippen LogP contribution in [-0.4, -0.2) is 48.5 Å². The predicted molar refractivity (Wildman–Crippen MR) is 81.3 cm³/mol. The molecule has 0 saturated heterocycles. The van der Waals surface area contributed by atoms with Crippen molar-refractivity contribution in [2.24, 2.45) is 0 Å². The van der Waals surface area contributed by atoms with Crippen LogP contribution in [0.5, 0.6) is 0 Å². The van der Waals surface area contributed by atoms with Crippen molar-refractivity contribution in [1.82, 2.24) is 9.80 Å². The molecule has 0 radical (unpaired) electrons. The Morgan fingerprint density at radius 3 is 2.72 bits per heavy atom. The quantitative estimate of drug-likeness (QED) is 0.770. The summed E-state index contributed by atoms with van der Waals surface area (Å²) in [6.07, 6.45) is 1.18. The highest BCUT2D eigenvalue weighted by Gasteiger charge is 2.26. The van der Waals surface area contributed by atoms with Gasteiger partial charge in [-0.1, -0.05) is 43.4 Å². The second kappa shape index (κ2) is 5.81. The Morgan fingerprint density at radius 2 is 2.06 bits per heavy atom. The maximum Gasteiger partial charge on any atom is 0.109 e. The number of nitrogens with zero attached hydrogens (tertiary/aromatic N) is 2. The van der Waals surface area contributed by atoms with Crippen molar-refractivity contribution in [3.05, 3.63) is 35.4 Å². The summed E-state index contributed by atoms with van der Waals surface area (Å²) in [6.45, 7) is 5.41. The van der Waals surface area contributed by atoms with Gasteiger partial charge in [-0.3, -0.25) is 0 Å². The Labute approximate surface area is 116 Å². The van der Waals surface area contributed by atoms with E-state index in [4.69, 9.17) is 12.2 Å². The topological polar surface area (TPSA) is 6.48 Å². The summed E-state index contributed by atoms with van der Waals surface area (Å²) in [5, 5.41) is 0. The van der Waals surface area contributed by atoms with Crippen LogP contribution in [0.25, 0.3) is 0 Å². The first kappa shape index (κ1) is 13.5. The van der Waals surface area contributed by atoms with Crippen LogP contribution in [-0.2, 0) is 0 Å². The Bertz CT molecular complexity index is 428. The molecule has 1 aliphatic heterocycles. The van der Waals surface area contributed by atoms with Crippen molar-refractivity contribution in [3.8, 4) is 0 Å². The van der Waals surface area contributed by atoms with Crippen LogP contribution in [0.3, 0.4) is 0 Å². The molecule has 0 saturated carbocycles. The lowest BCUT2D eigenvalue weighted by Gasteiger charge is -2.36. The average Bonchev–Trinajstić information content (AvgIpc) is 2.38. The fourth-order valence-corrected chi connectivity index (χ4v) is 2.88. The molecule has 1 aliphatic rings. The maximum atomic E-state index is 5.64. The van der Waals surface area contributed by atoms with Gasteiger partial charge in [0.25, 0.3) is 0 Å². The first-order valence-corrected chi connectivity index (χ1v) is 7.07. The SMILES string of the molecule is CCC1CN(CCN(C)C)C(=S)c2ccccc21. The second-order valence-corrected chi connectivity index (χ2v) is 5.63. The minimum Gasteiger partial charge on any atom is -0.360 e. The summed E-state index contributed by atoms with van der Waals surface area (Å²) >= 11 is 5.64. The standard InChI is InChI=1S/C15H22N2S/c1-4-12-11-17(10-9-16(2)3)15(18)14-8-6-5-7-13(12)14/h5-8,12H,4,9-11H2,1-3H3. The van der Waals surface area contributed by atoms with Gasteiger partial charge in [-0.2, -0.15) is 0 Å². The largest absolute Gasteiger partial charge is 0.360 e. The first-order valence-electron chi connectivity index (χ1n) is 6.66. The minimum atomic E-state index is 0.620. The molecule has 2 nitrogen and oxygen atoms in total. The number of likely N-dealkylation sites (N-methyl/N-ethyl adjacent to an activating group) is 1. The van der Waals surface area contributed by atoms with Crippen molar-refractivity contribution in [2.75, 3.05) is 33.7 Å². The molecule has 0 spiro atoms. The number of fused-ring (bicyclic) bond motifs is 1. The van der Waals surface area contributed by atoms with Gasteiger partial charge in [-0.15, -0.1) is 0 Å². The van der Waals surface area contributed by atoms with Crippen LogP contribution in [0.1, 0.15) is 30.4 Å². The third-order valence-electron chi connectivity index (χ3n) is 3.67. The number of hydrogen-bond acceptors (Lipinski definition) is 2. The van der Waals surface area contributed by atoms with Gasteiger partial charge >= 0.3 is 0 Å². The Hall–Kier alpha value is -0.930. The van der Waals surface area contributed by atoms with Crippen molar-refractivity contribution >= 4 is 17.2 Å². The van der Waals surface area contributed by atoms with Crippen molar-refractivity contribution in [2.45, 2.75) is 19.3 Å². The molecular formula is C15H22N2S. The van der Waals surface area contributed by atoms with Gasteiger partial charge in [0.05, 0.1) is 0 Å². The fourth-order valence-electron chi connectivity index (χ4n) is 2.53. The number of rotatable bonds is 4. The molecule has 3 heteroatoms. The Morgan fingerprint density at radius 1 is 1.33 bits per heavy atom. The first-order chi connectivity index (χ1) is 8.63. The third-order valence-corrected chi connectivity index (χ3v) is 4.15. The van der Waals surface area contributed by atoms with Crippen molar-refractivity contribution in [3.63, 3.8) is 0 Å². The molecule has 1 heterocycles. The van der Waals surface area contributed by atoms with E-state index < -0.39 is 0 Å². The molecule has 0 aromatic heterocycles. The van der Waals surface area contributed by atoms with Crippen LogP contribution in [0.2, 0.25) is 0 Å². The van der Waals surface area contributed by atoms with E-state index in [1.807, 2.05) is 0 Å². The monoisotopic (exact) mass is 262 g/mol. The molecule has 1 aromatic carbocycles. The van der Waals surface area contributed by atoms with Crippen LogP contribution < -0.4 is 0 Å². The van der Waals surface area contributed by atoms with E-state index in [9.17, 15) is 0 Å². The predicted octanol–water partition coefficient (Wildman–Crippen LogP) is 2.73. The number of benzene rings is 1. The molecule has 1 atom stereocenters. The average molecular weight is 262 g/mol. The van der Waals surface area contributed by atoms with Gasteiger partial charge in [-0.05, 0) is 26.1 Å². The molecule has 0 bridgehead atoms. The summed E-state index contributed by atoms with van der Waals surface area (Å²) in [6, 6.07) is 8.62. The zero-order chi connectivity index (χ0) is 13.1. The summed E-state index contributed by atoms with van der Waals surface area (Å²) in [5.74, 6) is 0.620. The zero-order valence-electron chi connectivity index (χ0n) is 11.5. The molecule has 18 heavy (non-hydrogen) atoms. The zero-order valence-corrected chi connectivity index (χ0v) is 12.3. The van der Waals surface area contributed by atoms with Gasteiger partial charge in [-0.25, -0.2) is 0 Å². The summed E-state index contributed by atoms with van der Waals surface area (Å²) in [5.41, 5.74) is 2.70. The summed E-state index contributed by atoms with van der Waals surface area (Å²) in [7, 11) is 4.22. The smallest absolute Gasteiger partial charge is 0.109 e. The number of thiocarbonyl (C=S) groups is 1. The highest BCUT2D eigenvalue weighted by atomic mass is 32.1. The molecule has 0 amide bonds. The van der Waals surface area contributed by atoms with Gasteiger partial charge in [0.1, 0.15) is 4.99 Å². The van der Waals surface area contributed by atoms with Gasteiger partial charge < -0.3 is 9.80 Å². The van der Waals surface area contributed by atoms with Crippen molar-refractivity contribution in [1.29, 1.82) is 0 Å². The molecule has 2 rings (SSSR count). The minimum absolute atomic E-state index is 0.620. The summed E-state index contributed by atoms with van der Waals surface area (Å²) in [4.78, 5) is 5.60. The van der Waals surface area contributed by atoms with E-state index in [-0.39, 0.29) is 0 Å². The van der Waals surface area contributed by atoms with Gasteiger partial charge in [0, 0.05) is 31.1 Å². The molecule has 98 valence electrons. The Kier molecular flexibility index (Phi) is 4.36. The highest BCUT2D eigenvalue weighted by molar-refractivity contribution is 7.80. The van der Waals surface area contributed by atoms with Crippen LogP contribution in [0, 0.1) is 0 Å². The van der Waals surface area contributed by atoms with E-state index in [0.29, 0.717) is 5.92 Å². The third kappa shape index (κ3) is 2.73. The van der Waals surface area contributed by atoms with Crippen molar-refractivity contribution < 1.29 is 0 Å². The van der Waals surface area contributed by atoms with Crippen LogP contribution >= 0.6 is 12.2 Å². The van der Waals surface area contributed by atoms with E-state index in [1.54, 1.807) is 0 Å². The molecular weight excluding hydrogens is 240 g/mol. The lowest BCUT2D eigenvalue weighted by molar-refractivity contribution is 0.312.